The van der Waals surface area contributed by atoms with E-state index in [1.807, 2.05) is 18.2 Å². The number of aromatic nitrogens is 2. The van der Waals surface area contributed by atoms with Gasteiger partial charge in [-0.25, -0.2) is 4.98 Å². The molecule has 0 spiro atoms. The van der Waals surface area contributed by atoms with Gasteiger partial charge in [-0.05, 0) is 37.0 Å². The van der Waals surface area contributed by atoms with Gasteiger partial charge in [-0.2, -0.15) is 0 Å². The summed E-state index contributed by atoms with van der Waals surface area (Å²) in [6.07, 6.45) is 6.37. The molecule has 4 heteroatoms. The van der Waals surface area contributed by atoms with E-state index in [4.69, 9.17) is 23.2 Å². The van der Waals surface area contributed by atoms with Gasteiger partial charge in [-0.15, -0.1) is 11.6 Å². The Morgan fingerprint density at radius 1 is 1.35 bits per heavy atom. The Bertz CT molecular complexity index is 606. The van der Waals surface area contributed by atoms with Crippen LogP contribution in [0, 0.1) is 5.92 Å². The Labute approximate surface area is 130 Å². The lowest BCUT2D eigenvalue weighted by molar-refractivity contribution is 0.262. The van der Waals surface area contributed by atoms with Crippen molar-refractivity contribution in [1.82, 2.24) is 9.55 Å². The van der Waals surface area contributed by atoms with Crippen molar-refractivity contribution in [3.05, 3.63) is 29.0 Å². The molecule has 2 unspecified atom stereocenters. The lowest BCUT2D eigenvalue weighted by Gasteiger charge is -2.30. The van der Waals surface area contributed by atoms with Gasteiger partial charge in [-0.3, -0.25) is 0 Å². The van der Waals surface area contributed by atoms with Crippen molar-refractivity contribution in [2.75, 3.05) is 0 Å². The van der Waals surface area contributed by atoms with Gasteiger partial charge in [0.2, 0.25) is 0 Å². The van der Waals surface area contributed by atoms with Crippen LogP contribution in [-0.4, -0.2) is 9.55 Å². The molecule has 1 aromatic carbocycles. The molecule has 2 nitrogen and oxygen atoms in total. The first-order valence-corrected chi connectivity index (χ1v) is 8.36. The second-order valence-electron chi connectivity index (χ2n) is 5.76. The van der Waals surface area contributed by atoms with Crippen LogP contribution in [-0.2, 0) is 5.88 Å². The van der Waals surface area contributed by atoms with E-state index in [0.717, 1.165) is 27.8 Å². The topological polar surface area (TPSA) is 17.8 Å². The van der Waals surface area contributed by atoms with Gasteiger partial charge >= 0.3 is 0 Å². The third-order valence-corrected chi connectivity index (χ3v) is 5.02. The fraction of sp³-hybridized carbons (Fsp3) is 0.562. The van der Waals surface area contributed by atoms with Crippen LogP contribution in [0.2, 0.25) is 5.02 Å². The largest absolute Gasteiger partial charge is 0.324 e. The highest BCUT2D eigenvalue weighted by atomic mass is 35.5. The zero-order chi connectivity index (χ0) is 14.1. The molecule has 0 N–H and O–H groups in total. The van der Waals surface area contributed by atoms with Crippen molar-refractivity contribution in [3.8, 4) is 0 Å². The van der Waals surface area contributed by atoms with E-state index in [1.165, 1.54) is 32.1 Å². The minimum atomic E-state index is 0.458. The van der Waals surface area contributed by atoms with Crippen LogP contribution in [0.1, 0.15) is 50.9 Å². The Kier molecular flexibility index (Phi) is 4.23. The maximum absolute atomic E-state index is 6.16. The summed E-state index contributed by atoms with van der Waals surface area (Å²) in [5, 5.41) is 0.766. The molecule has 0 bridgehead atoms. The lowest BCUT2D eigenvalue weighted by atomic mass is 9.84. The fourth-order valence-electron chi connectivity index (χ4n) is 3.49. The van der Waals surface area contributed by atoms with E-state index in [0.29, 0.717) is 11.9 Å². The summed E-state index contributed by atoms with van der Waals surface area (Å²) in [4.78, 5) is 4.67. The molecule has 3 rings (SSSR count). The number of fused-ring (bicyclic) bond motifs is 1. The molecule has 0 aliphatic heterocycles. The number of hydrogen-bond donors (Lipinski definition) is 0. The fourth-order valence-corrected chi connectivity index (χ4v) is 3.84. The van der Waals surface area contributed by atoms with Gasteiger partial charge in [0, 0.05) is 11.1 Å². The molecule has 108 valence electrons. The predicted molar refractivity (Wildman–Crippen MR) is 85.6 cm³/mol. The Balaban J connectivity index is 2.06. The molecule has 1 saturated carbocycles. The average molecular weight is 311 g/mol. The van der Waals surface area contributed by atoms with Crippen molar-refractivity contribution in [1.29, 1.82) is 0 Å². The van der Waals surface area contributed by atoms with E-state index in [9.17, 15) is 0 Å². The van der Waals surface area contributed by atoms with Crippen molar-refractivity contribution >= 4 is 34.2 Å². The highest BCUT2D eigenvalue weighted by Crippen LogP contribution is 2.37. The summed E-state index contributed by atoms with van der Waals surface area (Å²) < 4.78 is 2.34. The van der Waals surface area contributed by atoms with E-state index in [-0.39, 0.29) is 0 Å². The highest BCUT2D eigenvalue weighted by molar-refractivity contribution is 6.31. The molecule has 1 aliphatic carbocycles. The van der Waals surface area contributed by atoms with Gasteiger partial charge in [0.15, 0.2) is 0 Å². The molecule has 2 aromatic rings. The Morgan fingerprint density at radius 2 is 2.20 bits per heavy atom. The van der Waals surface area contributed by atoms with Crippen LogP contribution in [0.3, 0.4) is 0 Å². The van der Waals surface area contributed by atoms with E-state index < -0.39 is 0 Å². The van der Waals surface area contributed by atoms with Crippen LogP contribution >= 0.6 is 23.2 Å². The third kappa shape index (κ3) is 2.56. The minimum absolute atomic E-state index is 0.458. The summed E-state index contributed by atoms with van der Waals surface area (Å²) in [6.45, 7) is 2.29. The molecule has 20 heavy (non-hydrogen) atoms. The molecule has 1 aromatic heterocycles. The maximum atomic E-state index is 6.16. The summed E-state index contributed by atoms with van der Waals surface area (Å²) in [7, 11) is 0. The first kappa shape index (κ1) is 14.2. The van der Waals surface area contributed by atoms with Crippen LogP contribution in [0.25, 0.3) is 11.0 Å². The summed E-state index contributed by atoms with van der Waals surface area (Å²) in [5.41, 5.74) is 2.14. The second kappa shape index (κ2) is 5.95. The number of halogens is 2. The van der Waals surface area contributed by atoms with Crippen LogP contribution in [0.15, 0.2) is 18.2 Å². The maximum Gasteiger partial charge on any atom is 0.125 e. The van der Waals surface area contributed by atoms with Crippen molar-refractivity contribution in [2.24, 2.45) is 5.92 Å². The molecular formula is C16H20Cl2N2. The van der Waals surface area contributed by atoms with Crippen LogP contribution in [0.5, 0.6) is 0 Å². The van der Waals surface area contributed by atoms with Crippen molar-refractivity contribution in [3.63, 3.8) is 0 Å². The smallest absolute Gasteiger partial charge is 0.125 e. The molecule has 1 heterocycles. The first-order valence-electron chi connectivity index (χ1n) is 7.45. The summed E-state index contributed by atoms with van der Waals surface area (Å²) >= 11 is 12.3. The van der Waals surface area contributed by atoms with Gasteiger partial charge in [0.05, 0.1) is 16.9 Å². The minimum Gasteiger partial charge on any atom is -0.324 e. The number of rotatable bonds is 3. The molecule has 0 amide bonds. The Morgan fingerprint density at radius 3 is 2.95 bits per heavy atom. The molecule has 1 fully saturated rings. The van der Waals surface area contributed by atoms with Gasteiger partial charge in [0.1, 0.15) is 5.82 Å². The summed E-state index contributed by atoms with van der Waals surface area (Å²) in [5.74, 6) is 2.26. The van der Waals surface area contributed by atoms with Crippen molar-refractivity contribution in [2.45, 2.75) is 50.9 Å². The molecular weight excluding hydrogens is 291 g/mol. The molecule has 0 radical (unpaired) electrons. The third-order valence-electron chi connectivity index (χ3n) is 4.54. The monoisotopic (exact) mass is 310 g/mol. The standard InChI is InChI=1S/C16H20Cl2N2/c1-2-11-4-3-5-13(8-11)20-15-9-12(18)6-7-14(15)19-16(20)10-17/h6-7,9,11,13H,2-5,8,10H2,1H3. The number of imidazole rings is 1. The zero-order valence-electron chi connectivity index (χ0n) is 11.8. The van der Waals surface area contributed by atoms with Crippen LogP contribution in [0.4, 0.5) is 0 Å². The number of alkyl halides is 1. The quantitative estimate of drug-likeness (QED) is 0.678. The zero-order valence-corrected chi connectivity index (χ0v) is 13.3. The number of benzene rings is 1. The van der Waals surface area contributed by atoms with E-state index in [1.54, 1.807) is 0 Å². The highest BCUT2D eigenvalue weighted by Gasteiger charge is 2.25. The van der Waals surface area contributed by atoms with E-state index in [2.05, 4.69) is 16.5 Å². The predicted octanol–water partition coefficient (Wildman–Crippen LogP) is 5.57. The molecule has 2 atom stereocenters. The van der Waals surface area contributed by atoms with Gasteiger partial charge in [0.25, 0.3) is 0 Å². The van der Waals surface area contributed by atoms with Gasteiger partial charge in [-0.1, -0.05) is 37.8 Å². The van der Waals surface area contributed by atoms with Crippen LogP contribution < -0.4 is 0 Å². The Hall–Kier alpha value is -0.730. The van der Waals surface area contributed by atoms with Crippen molar-refractivity contribution < 1.29 is 0 Å². The SMILES string of the molecule is CCC1CCCC(n2c(CCl)nc3ccc(Cl)cc32)C1. The first-order chi connectivity index (χ1) is 9.72. The number of nitrogens with zero attached hydrogens (tertiary/aromatic N) is 2. The summed E-state index contributed by atoms with van der Waals surface area (Å²) in [6, 6.07) is 6.43. The average Bonchev–Trinajstić information content (AvgIpc) is 2.85. The molecule has 1 aliphatic rings. The number of hydrogen-bond acceptors (Lipinski definition) is 1. The molecule has 0 saturated heterocycles. The van der Waals surface area contributed by atoms with E-state index >= 15 is 0 Å². The lowest BCUT2D eigenvalue weighted by Crippen LogP contribution is -2.20. The normalized spacial score (nSPS) is 23.4. The van der Waals surface area contributed by atoms with Gasteiger partial charge < -0.3 is 4.57 Å². The second-order valence-corrected chi connectivity index (χ2v) is 6.46.